The first kappa shape index (κ1) is 33.2. The molecule has 1 fully saturated rings. The van der Waals surface area contributed by atoms with Gasteiger partial charge in [0, 0.05) is 34.5 Å². The number of aromatic nitrogens is 3. The van der Waals surface area contributed by atoms with Crippen LogP contribution >= 0.6 is 11.8 Å². The third-order valence-electron chi connectivity index (χ3n) is 7.47. The monoisotopic (exact) mass is 647 g/mol. The molecular weight excluding hydrogens is 605 g/mol. The number of aryl methyl sites for hydroxylation is 1. The third kappa shape index (κ3) is 8.37. The highest BCUT2D eigenvalue weighted by Gasteiger charge is 2.34. The summed E-state index contributed by atoms with van der Waals surface area (Å²) >= 11 is 1.46. The van der Waals surface area contributed by atoms with Crippen LogP contribution in [-0.2, 0) is 21.5 Å². The maximum Gasteiger partial charge on any atom is 0.410 e. The van der Waals surface area contributed by atoms with Gasteiger partial charge in [-0.2, -0.15) is 5.10 Å². The Bertz CT molecular complexity index is 1730. The lowest BCUT2D eigenvalue weighted by Gasteiger charge is -2.35. The van der Waals surface area contributed by atoms with Gasteiger partial charge < -0.3 is 19.7 Å². The Labute approximate surface area is 273 Å². The highest BCUT2D eigenvalue weighted by atomic mass is 32.2. The first-order valence-electron chi connectivity index (χ1n) is 15.4. The first-order valence-corrected chi connectivity index (χ1v) is 16.3. The first-order chi connectivity index (χ1) is 21.6. The molecule has 1 aliphatic heterocycles. The van der Waals surface area contributed by atoms with Gasteiger partial charge in [0.2, 0.25) is 5.91 Å². The molecule has 2 atom stereocenters. The number of carbonyl (C=O) groups is 2. The van der Waals surface area contributed by atoms with Gasteiger partial charge in [0.1, 0.15) is 23.3 Å². The Balaban J connectivity index is 1.23. The van der Waals surface area contributed by atoms with Crippen molar-refractivity contribution in [3.63, 3.8) is 0 Å². The molecular formula is C35H42FN5O4S. The summed E-state index contributed by atoms with van der Waals surface area (Å²) in [6.07, 6.45) is 4.25. The van der Waals surface area contributed by atoms with Crippen molar-refractivity contribution in [1.29, 1.82) is 0 Å². The van der Waals surface area contributed by atoms with Crippen molar-refractivity contribution in [2.45, 2.75) is 88.8 Å². The molecule has 9 nitrogen and oxygen atoms in total. The summed E-state index contributed by atoms with van der Waals surface area (Å²) in [5.41, 5.74) is 2.38. The van der Waals surface area contributed by atoms with Crippen LogP contribution in [0, 0.1) is 6.92 Å². The van der Waals surface area contributed by atoms with Crippen molar-refractivity contribution < 1.29 is 23.5 Å². The number of anilines is 1. The van der Waals surface area contributed by atoms with Crippen LogP contribution in [0.4, 0.5) is 14.9 Å². The normalized spacial score (nSPS) is 17.2. The number of hydrogen-bond donors (Lipinski definition) is 1. The van der Waals surface area contributed by atoms with E-state index in [1.807, 2.05) is 81.0 Å². The smallest absolute Gasteiger partial charge is 0.410 e. The molecule has 0 radical (unpaired) electrons. The number of pyridine rings is 1. The van der Waals surface area contributed by atoms with Crippen molar-refractivity contribution in [3.8, 4) is 11.5 Å². The van der Waals surface area contributed by atoms with E-state index in [1.165, 1.54) is 16.7 Å². The van der Waals surface area contributed by atoms with Gasteiger partial charge in [-0.3, -0.25) is 14.5 Å². The second-order valence-electron chi connectivity index (χ2n) is 13.6. The average molecular weight is 648 g/mol. The number of nitrogens with one attached hydrogen (secondary N) is 1. The molecule has 1 saturated heterocycles. The van der Waals surface area contributed by atoms with Gasteiger partial charge in [-0.15, -0.1) is 11.8 Å². The van der Waals surface area contributed by atoms with E-state index >= 15 is 4.39 Å². The van der Waals surface area contributed by atoms with E-state index in [2.05, 4.69) is 15.4 Å². The number of rotatable bonds is 7. The van der Waals surface area contributed by atoms with Crippen LogP contribution in [0.2, 0.25) is 0 Å². The van der Waals surface area contributed by atoms with Crippen LogP contribution < -0.4 is 10.1 Å². The highest BCUT2D eigenvalue weighted by Crippen LogP contribution is 2.37. The van der Waals surface area contributed by atoms with Gasteiger partial charge in [-0.05, 0) is 96.3 Å². The Kier molecular flexibility index (Phi) is 9.62. The predicted molar refractivity (Wildman–Crippen MR) is 180 cm³/mol. The Hall–Kier alpha value is -4.12. The summed E-state index contributed by atoms with van der Waals surface area (Å²) in [6, 6.07) is 13.3. The predicted octanol–water partition coefficient (Wildman–Crippen LogP) is 7.91. The minimum absolute atomic E-state index is 0.00886. The van der Waals surface area contributed by atoms with E-state index in [0.717, 1.165) is 26.9 Å². The number of amides is 2. The molecule has 2 aromatic carbocycles. The number of ether oxygens (including phenoxy) is 2. The molecule has 2 unspecified atom stereocenters. The molecule has 4 aromatic rings. The lowest BCUT2D eigenvalue weighted by Crippen LogP contribution is -2.47. The average Bonchev–Trinajstić information content (AvgIpc) is 3.44. The van der Waals surface area contributed by atoms with Crippen LogP contribution in [-0.4, -0.2) is 61.8 Å². The quantitative estimate of drug-likeness (QED) is 0.218. The molecule has 2 aromatic heterocycles. The molecule has 1 aliphatic rings. The summed E-state index contributed by atoms with van der Waals surface area (Å²) in [5, 5.41) is 7.78. The second-order valence-corrected chi connectivity index (χ2v) is 15.0. The van der Waals surface area contributed by atoms with Crippen molar-refractivity contribution >= 4 is 40.4 Å². The number of alkyl halides is 1. The number of hydrogen-bond acceptors (Lipinski definition) is 7. The van der Waals surface area contributed by atoms with Crippen LogP contribution in [0.5, 0.6) is 11.5 Å². The van der Waals surface area contributed by atoms with E-state index in [4.69, 9.17) is 9.47 Å². The maximum absolute atomic E-state index is 15.2. The highest BCUT2D eigenvalue weighted by molar-refractivity contribution is 8.00. The van der Waals surface area contributed by atoms with Crippen LogP contribution in [0.25, 0.3) is 10.9 Å². The van der Waals surface area contributed by atoms with Crippen LogP contribution in [0.3, 0.4) is 0 Å². The minimum atomic E-state index is -1.18. The Morgan fingerprint density at radius 3 is 2.52 bits per heavy atom. The van der Waals surface area contributed by atoms with E-state index in [0.29, 0.717) is 30.2 Å². The molecule has 5 rings (SSSR count). The molecule has 0 saturated carbocycles. The van der Waals surface area contributed by atoms with Gasteiger partial charge in [0.15, 0.2) is 0 Å². The lowest BCUT2D eigenvalue weighted by molar-refractivity contribution is -0.115. The number of likely N-dealkylation sites (tertiary alicyclic amines) is 1. The molecule has 0 bridgehead atoms. The molecule has 0 spiro atoms. The number of carbonyl (C=O) groups excluding carboxylic acids is 2. The van der Waals surface area contributed by atoms with Gasteiger partial charge in [0.25, 0.3) is 0 Å². The van der Waals surface area contributed by atoms with Crippen molar-refractivity contribution in [1.82, 2.24) is 19.7 Å². The fraction of sp³-hybridized carbons (Fsp3) is 0.429. The molecule has 244 valence electrons. The fourth-order valence-electron chi connectivity index (χ4n) is 5.14. The van der Waals surface area contributed by atoms with Crippen molar-refractivity contribution in [2.75, 3.05) is 18.4 Å². The molecule has 1 N–H and O–H groups in total. The van der Waals surface area contributed by atoms with E-state index in [-0.39, 0.29) is 29.7 Å². The molecule has 3 heterocycles. The number of halogens is 1. The molecule has 11 heteroatoms. The zero-order valence-electron chi connectivity index (χ0n) is 27.5. The van der Waals surface area contributed by atoms with Gasteiger partial charge in [-0.25, -0.2) is 9.18 Å². The lowest BCUT2D eigenvalue weighted by atomic mass is 10.1. The summed E-state index contributed by atoms with van der Waals surface area (Å²) < 4.78 is 28.8. The fourth-order valence-corrected chi connectivity index (χ4v) is 6.28. The van der Waals surface area contributed by atoms with Crippen LogP contribution in [0.15, 0.2) is 66.0 Å². The largest absolute Gasteiger partial charge is 0.456 e. The molecule has 46 heavy (non-hydrogen) atoms. The molecule has 0 aliphatic carbocycles. The van der Waals surface area contributed by atoms with E-state index < -0.39 is 17.9 Å². The zero-order valence-corrected chi connectivity index (χ0v) is 28.3. The van der Waals surface area contributed by atoms with Crippen molar-refractivity contribution in [2.24, 2.45) is 0 Å². The number of nitrogens with zero attached hydrogens (tertiary/aromatic N) is 4. The minimum Gasteiger partial charge on any atom is -0.456 e. The second kappa shape index (κ2) is 13.3. The van der Waals surface area contributed by atoms with Crippen molar-refractivity contribution in [3.05, 3.63) is 72.2 Å². The summed E-state index contributed by atoms with van der Waals surface area (Å²) in [4.78, 5) is 32.0. The standard InChI is InChI=1S/C35H42FN5O4S/c1-22-16-23(17-32(42)39-24-19-38-41(20-24)34(2,3)4)8-11-29(22)44-30-12-14-37-28-10-9-25(18-26(28)30)46-31-13-15-40(21-27(31)36)33(43)45-35(5,6)7/h8-12,14,16,18-20,27,31H,13,15,17,21H2,1-7H3,(H,39,42). The third-order valence-corrected chi connectivity index (χ3v) is 8.83. The summed E-state index contributed by atoms with van der Waals surface area (Å²) in [7, 11) is 0. The number of benzene rings is 2. The molecule has 2 amide bonds. The van der Waals surface area contributed by atoms with E-state index in [1.54, 1.807) is 33.2 Å². The Morgan fingerprint density at radius 1 is 1.07 bits per heavy atom. The Morgan fingerprint density at radius 2 is 1.85 bits per heavy atom. The summed E-state index contributed by atoms with van der Waals surface area (Å²) in [5.74, 6) is 1.17. The number of fused-ring (bicyclic) bond motifs is 1. The number of thioether (sulfide) groups is 1. The van der Waals surface area contributed by atoms with Gasteiger partial charge in [-0.1, -0.05) is 12.1 Å². The van der Waals surface area contributed by atoms with E-state index in [9.17, 15) is 9.59 Å². The zero-order chi connectivity index (χ0) is 33.2. The maximum atomic E-state index is 15.2. The van der Waals surface area contributed by atoms with Gasteiger partial charge in [0.05, 0.1) is 35.9 Å². The van der Waals surface area contributed by atoms with Gasteiger partial charge >= 0.3 is 6.09 Å². The number of piperidine rings is 1. The summed E-state index contributed by atoms with van der Waals surface area (Å²) in [6.45, 7) is 13.9. The van der Waals surface area contributed by atoms with Crippen LogP contribution in [0.1, 0.15) is 59.1 Å². The topological polar surface area (TPSA) is 98.6 Å². The SMILES string of the molecule is Cc1cc(CC(=O)Nc2cnn(C(C)(C)C)c2)ccc1Oc1ccnc2ccc(SC3CCN(C(=O)OC(C)(C)C)CC3F)cc12.